The van der Waals surface area contributed by atoms with Crippen molar-refractivity contribution in [2.24, 2.45) is 35.1 Å². The fourth-order valence-corrected chi connectivity index (χ4v) is 6.31. The third-order valence-corrected chi connectivity index (χ3v) is 10.1. The molecule has 0 aliphatic carbocycles. The second-order valence-corrected chi connectivity index (χ2v) is 17.6. The Bertz CT molecular complexity index is 1610. The van der Waals surface area contributed by atoms with Crippen LogP contribution in [0.5, 0.6) is 0 Å². The minimum absolute atomic E-state index is 0.00648. The van der Waals surface area contributed by atoms with E-state index >= 15 is 0 Å². The first-order valence-corrected chi connectivity index (χ1v) is 22.2. The van der Waals surface area contributed by atoms with E-state index in [1.165, 1.54) is 6.92 Å². The van der Waals surface area contributed by atoms with Crippen molar-refractivity contribution in [1.29, 1.82) is 0 Å². The summed E-state index contributed by atoms with van der Waals surface area (Å²) in [5.74, 6) is -10.6. The van der Waals surface area contributed by atoms with Crippen LogP contribution in [-0.4, -0.2) is 143 Å². The summed E-state index contributed by atoms with van der Waals surface area (Å²) in [6, 6.07) is -10.4. The molecule has 0 unspecified atom stereocenters. The number of aliphatic hydroxyl groups excluding tert-OH is 1. The number of aliphatic hydroxyl groups is 1. The average molecular weight is 929 g/mol. The van der Waals surface area contributed by atoms with E-state index in [2.05, 4.69) is 42.5 Å². The molecule has 0 aliphatic heterocycles. The van der Waals surface area contributed by atoms with Gasteiger partial charge in [0.15, 0.2) is 0 Å². The molecule has 23 heteroatoms. The highest BCUT2D eigenvalue weighted by Crippen LogP contribution is 2.14. The van der Waals surface area contributed by atoms with Crippen LogP contribution in [0.3, 0.4) is 0 Å². The number of hydrogen-bond donors (Lipinski definition) is 13. The van der Waals surface area contributed by atoms with Crippen molar-refractivity contribution in [2.75, 3.05) is 19.7 Å². The van der Waals surface area contributed by atoms with Gasteiger partial charge in [0.05, 0.1) is 25.6 Å². The summed E-state index contributed by atoms with van der Waals surface area (Å²) in [5, 5.41) is 48.1. The number of nitrogens with two attached hydrogens (primary N) is 2. The Labute approximate surface area is 381 Å². The summed E-state index contributed by atoms with van der Waals surface area (Å²) in [6.07, 6.45) is 0.855. The molecule has 15 N–H and O–H groups in total. The van der Waals surface area contributed by atoms with Crippen LogP contribution in [0.1, 0.15) is 114 Å². The van der Waals surface area contributed by atoms with E-state index in [0.29, 0.717) is 25.8 Å². The van der Waals surface area contributed by atoms with Crippen LogP contribution in [0, 0.1) is 23.7 Å². The lowest BCUT2D eigenvalue weighted by Crippen LogP contribution is -2.61. The Morgan fingerprint density at radius 1 is 0.523 bits per heavy atom. The second kappa shape index (κ2) is 30.7. The largest absolute Gasteiger partial charge is 0.481 e. The lowest BCUT2D eigenvalue weighted by atomic mass is 9.96. The summed E-state index contributed by atoms with van der Waals surface area (Å²) < 4.78 is 0. The first-order chi connectivity index (χ1) is 30.3. The van der Waals surface area contributed by atoms with Gasteiger partial charge in [0.25, 0.3) is 0 Å². The van der Waals surface area contributed by atoms with Gasteiger partial charge in [-0.2, -0.15) is 0 Å². The molecular formula is C42H76N10O13. The molecule has 0 aromatic rings. The highest BCUT2D eigenvalue weighted by Gasteiger charge is 2.36. The van der Waals surface area contributed by atoms with E-state index in [1.54, 1.807) is 55.4 Å². The van der Waals surface area contributed by atoms with Crippen molar-refractivity contribution in [2.45, 2.75) is 162 Å². The lowest BCUT2D eigenvalue weighted by molar-refractivity contribution is -0.143. The van der Waals surface area contributed by atoms with Crippen molar-refractivity contribution in [3.63, 3.8) is 0 Å². The molecular weight excluding hydrogens is 853 g/mol. The number of amides is 8. The average Bonchev–Trinajstić information content (AvgIpc) is 3.20. The van der Waals surface area contributed by atoms with Gasteiger partial charge >= 0.3 is 11.9 Å². The molecule has 0 aliphatic rings. The zero-order valence-electron chi connectivity index (χ0n) is 39.3. The van der Waals surface area contributed by atoms with Crippen LogP contribution in [-0.2, 0) is 47.9 Å². The molecule has 0 bridgehead atoms. The van der Waals surface area contributed by atoms with Gasteiger partial charge in [0.1, 0.15) is 42.3 Å². The molecule has 0 rings (SSSR count). The van der Waals surface area contributed by atoms with Crippen molar-refractivity contribution < 1.29 is 63.3 Å². The Morgan fingerprint density at radius 2 is 0.954 bits per heavy atom. The number of aliphatic carboxylic acids is 2. The third kappa shape index (κ3) is 23.9. The quantitative estimate of drug-likeness (QED) is 0.0316. The van der Waals surface area contributed by atoms with Gasteiger partial charge < -0.3 is 69.3 Å². The summed E-state index contributed by atoms with van der Waals surface area (Å²) in [7, 11) is 0. The molecule has 0 aromatic carbocycles. The summed E-state index contributed by atoms with van der Waals surface area (Å²) >= 11 is 0. The smallest absolute Gasteiger partial charge is 0.328 e. The summed E-state index contributed by atoms with van der Waals surface area (Å²) in [6.45, 7) is 14.2. The van der Waals surface area contributed by atoms with E-state index in [9.17, 15) is 63.3 Å². The van der Waals surface area contributed by atoms with Gasteiger partial charge in [-0.25, -0.2) is 4.79 Å². The van der Waals surface area contributed by atoms with Crippen LogP contribution < -0.4 is 54.0 Å². The van der Waals surface area contributed by atoms with Crippen molar-refractivity contribution in [3.8, 4) is 0 Å². The molecule has 0 heterocycles. The molecule has 9 atom stereocenters. The first kappa shape index (κ1) is 59.6. The molecule has 0 saturated heterocycles. The molecule has 65 heavy (non-hydrogen) atoms. The predicted octanol–water partition coefficient (Wildman–Crippen LogP) is -2.29. The monoisotopic (exact) mass is 929 g/mol. The van der Waals surface area contributed by atoms with E-state index in [0.717, 1.165) is 0 Å². The van der Waals surface area contributed by atoms with Gasteiger partial charge in [0, 0.05) is 0 Å². The molecule has 0 radical (unpaired) electrons. The van der Waals surface area contributed by atoms with Crippen LogP contribution in [0.4, 0.5) is 0 Å². The van der Waals surface area contributed by atoms with Crippen molar-refractivity contribution in [3.05, 3.63) is 0 Å². The highest BCUT2D eigenvalue weighted by atomic mass is 16.4. The molecule has 0 saturated carbocycles. The number of carbonyl (C=O) groups is 10. The third-order valence-electron chi connectivity index (χ3n) is 10.1. The number of unbranched alkanes of at least 4 members (excludes halogenated alkanes) is 1. The van der Waals surface area contributed by atoms with Crippen molar-refractivity contribution >= 4 is 59.2 Å². The van der Waals surface area contributed by atoms with E-state index in [4.69, 9.17) is 11.5 Å². The predicted molar refractivity (Wildman–Crippen MR) is 238 cm³/mol. The Morgan fingerprint density at radius 3 is 1.34 bits per heavy atom. The molecule has 0 fully saturated rings. The van der Waals surface area contributed by atoms with Crippen LogP contribution >= 0.6 is 0 Å². The Hall–Kier alpha value is -5.42. The number of nitrogens with one attached hydrogen (secondary N) is 8. The molecule has 0 aromatic heterocycles. The fourth-order valence-electron chi connectivity index (χ4n) is 6.31. The first-order valence-electron chi connectivity index (χ1n) is 22.2. The number of carboxylic acids is 2. The Kier molecular flexibility index (Phi) is 28.1. The van der Waals surface area contributed by atoms with Gasteiger partial charge in [-0.3, -0.25) is 43.2 Å². The van der Waals surface area contributed by atoms with E-state index in [-0.39, 0.29) is 43.4 Å². The molecule has 8 amide bonds. The fraction of sp³-hybridized carbons (Fsp3) is 0.762. The van der Waals surface area contributed by atoms with Crippen LogP contribution in [0.2, 0.25) is 0 Å². The molecule has 372 valence electrons. The molecule has 23 nitrogen and oxygen atoms in total. The minimum Gasteiger partial charge on any atom is -0.481 e. The Balaban J connectivity index is 6.32. The topological polar surface area (TPSA) is 380 Å². The highest BCUT2D eigenvalue weighted by molar-refractivity contribution is 5.98. The maximum absolute atomic E-state index is 14.0. The van der Waals surface area contributed by atoms with Gasteiger partial charge in [0.2, 0.25) is 47.3 Å². The van der Waals surface area contributed by atoms with E-state index in [1.807, 2.05) is 0 Å². The summed E-state index contributed by atoms with van der Waals surface area (Å²) in [5.41, 5.74) is 11.2. The normalized spacial score (nSPS) is 15.4. The van der Waals surface area contributed by atoms with Gasteiger partial charge in [-0.15, -0.1) is 0 Å². The van der Waals surface area contributed by atoms with Crippen LogP contribution in [0.15, 0.2) is 0 Å². The second-order valence-electron chi connectivity index (χ2n) is 17.6. The number of rotatable bonds is 32. The summed E-state index contributed by atoms with van der Waals surface area (Å²) in [4.78, 5) is 130. The number of carbonyl (C=O) groups excluding carboxylic acids is 8. The van der Waals surface area contributed by atoms with Gasteiger partial charge in [-0.1, -0.05) is 61.8 Å². The standard InChI is InChI=1S/C42H76N10O13/c1-10-24(8)34(41(63)51-31(20-53)42(64)65)52-40(62)29(17-23(6)7)50-38(60)27(15-21(2)3)48-37(59)28(16-22(4)5)49-39(61)30(18-33(55)56)46-32(54)19-45-36(58)26(13-11-12-14-43)47-35(57)25(9)44/h21-31,34,53H,10-20,43-44H2,1-9H3,(H,45,58)(H,46,54)(H,47,57)(H,48,59)(H,49,61)(H,50,60)(H,51,63)(H,52,62)(H,55,56)(H,64,65)/t24-,25-,26-,27-,28-,29-,30-,31-,34-/m0/s1. The lowest BCUT2D eigenvalue weighted by Gasteiger charge is -2.30. The van der Waals surface area contributed by atoms with Crippen molar-refractivity contribution in [1.82, 2.24) is 42.5 Å². The maximum Gasteiger partial charge on any atom is 0.328 e. The van der Waals surface area contributed by atoms with E-state index < -0.39 is 133 Å². The SMILES string of the molecule is CC[C@H](C)[C@H](NC(=O)[C@H](CC(C)C)NC(=O)[C@H](CC(C)C)NC(=O)[C@H](CC(C)C)NC(=O)[C@H](CC(=O)O)NC(=O)CNC(=O)[C@H](CCCCN)NC(=O)[C@H](C)N)C(=O)N[C@@H](CO)C(=O)O. The van der Waals surface area contributed by atoms with Crippen LogP contribution in [0.25, 0.3) is 0 Å². The zero-order valence-corrected chi connectivity index (χ0v) is 39.3. The number of carboxylic acid groups (broad SMARTS) is 2. The maximum atomic E-state index is 14.0. The van der Waals surface area contributed by atoms with Gasteiger partial charge in [-0.05, 0) is 75.7 Å². The minimum atomic E-state index is -1.72. The molecule has 0 spiro atoms. The number of hydrogen-bond acceptors (Lipinski definition) is 13. The zero-order chi connectivity index (χ0) is 50.1.